The Hall–Kier alpha value is -2.85. The molecule has 3 aromatic rings. The number of benzene rings is 1. The molecule has 2 aromatic heterocycles. The Morgan fingerprint density at radius 3 is 2.70 bits per heavy atom. The van der Waals surface area contributed by atoms with Gasteiger partial charge in [0.2, 0.25) is 0 Å². The van der Waals surface area contributed by atoms with Crippen LogP contribution in [-0.2, 0) is 0 Å². The topological polar surface area (TPSA) is 92.7 Å². The van der Waals surface area contributed by atoms with Crippen LogP contribution in [0, 0.1) is 25.2 Å². The maximum Gasteiger partial charge on any atom is 0.258 e. The molecular weight excluding hydrogens is 312 g/mol. The smallest absolute Gasteiger partial charge is 0.258 e. The number of rotatable bonds is 4. The SMILES string of the molecule is Cc1csc([C@H](C#N)C(=O)c2ccccc2-c2nc(C)no2)n1. The maximum atomic E-state index is 12.8. The number of carbonyl (C=O) groups excluding carboxylic acids is 1. The highest BCUT2D eigenvalue weighted by molar-refractivity contribution is 7.10. The lowest BCUT2D eigenvalue weighted by Crippen LogP contribution is -2.12. The molecule has 0 radical (unpaired) electrons. The number of thiazole rings is 1. The van der Waals surface area contributed by atoms with Crippen LogP contribution in [0.1, 0.15) is 32.8 Å². The third-order valence-corrected chi connectivity index (χ3v) is 4.25. The van der Waals surface area contributed by atoms with Crippen LogP contribution in [0.5, 0.6) is 0 Å². The second-order valence-electron chi connectivity index (χ2n) is 4.95. The molecule has 0 aliphatic carbocycles. The number of carbonyl (C=O) groups is 1. The summed E-state index contributed by atoms with van der Waals surface area (Å²) in [5, 5.41) is 15.5. The summed E-state index contributed by atoms with van der Waals surface area (Å²) in [6, 6.07) is 8.94. The van der Waals surface area contributed by atoms with E-state index in [-0.39, 0.29) is 11.7 Å². The normalized spacial score (nSPS) is 11.9. The Kier molecular flexibility index (Phi) is 4.00. The van der Waals surface area contributed by atoms with Crippen molar-refractivity contribution in [3.05, 3.63) is 51.7 Å². The van der Waals surface area contributed by atoms with Gasteiger partial charge in [0.15, 0.2) is 17.5 Å². The molecule has 0 N–H and O–H groups in total. The number of Topliss-reactive ketones (excluding diaryl/α,β-unsaturated/α-hetero) is 1. The fourth-order valence-electron chi connectivity index (χ4n) is 2.18. The molecule has 2 heterocycles. The van der Waals surface area contributed by atoms with E-state index in [2.05, 4.69) is 15.1 Å². The van der Waals surface area contributed by atoms with Gasteiger partial charge in [-0.25, -0.2) is 4.98 Å². The first-order valence-corrected chi connectivity index (χ1v) is 7.73. The first kappa shape index (κ1) is 15.1. The minimum atomic E-state index is -0.945. The molecule has 0 fully saturated rings. The number of aromatic nitrogens is 3. The van der Waals surface area contributed by atoms with Gasteiger partial charge in [0.1, 0.15) is 5.01 Å². The van der Waals surface area contributed by atoms with E-state index in [1.165, 1.54) is 11.3 Å². The third kappa shape index (κ3) is 2.89. The molecular formula is C16H12N4O2S. The number of ketones is 1. The molecule has 0 aliphatic rings. The van der Waals surface area contributed by atoms with Crippen LogP contribution in [0.15, 0.2) is 34.2 Å². The highest BCUT2D eigenvalue weighted by Gasteiger charge is 2.27. The summed E-state index contributed by atoms with van der Waals surface area (Å²) >= 11 is 1.31. The number of hydrogen-bond donors (Lipinski definition) is 0. The fourth-order valence-corrected chi connectivity index (χ4v) is 3.01. The number of nitrogens with zero attached hydrogens (tertiary/aromatic N) is 4. The average molecular weight is 324 g/mol. The van der Waals surface area contributed by atoms with E-state index in [0.29, 0.717) is 22.0 Å². The van der Waals surface area contributed by atoms with E-state index in [1.54, 1.807) is 31.2 Å². The van der Waals surface area contributed by atoms with E-state index in [9.17, 15) is 10.1 Å². The van der Waals surface area contributed by atoms with Gasteiger partial charge in [-0.1, -0.05) is 23.4 Å². The van der Waals surface area contributed by atoms with Crippen LogP contribution in [0.2, 0.25) is 0 Å². The standard InChI is InChI=1S/C16H12N4O2S/c1-9-8-23-16(18-9)13(7-17)14(21)11-5-3-4-6-12(11)15-19-10(2)20-22-15/h3-6,8,13H,1-2H3/t13-/m1/s1. The summed E-state index contributed by atoms with van der Waals surface area (Å²) in [6.45, 7) is 3.53. The third-order valence-electron chi connectivity index (χ3n) is 3.23. The first-order valence-electron chi connectivity index (χ1n) is 6.85. The van der Waals surface area contributed by atoms with Gasteiger partial charge in [0, 0.05) is 16.6 Å². The lowest BCUT2D eigenvalue weighted by Gasteiger charge is -2.08. The molecule has 1 aromatic carbocycles. The monoisotopic (exact) mass is 324 g/mol. The van der Waals surface area contributed by atoms with Crippen LogP contribution in [-0.4, -0.2) is 20.9 Å². The summed E-state index contributed by atoms with van der Waals surface area (Å²) in [4.78, 5) is 21.3. The van der Waals surface area contributed by atoms with Crippen LogP contribution >= 0.6 is 11.3 Å². The number of hydrogen-bond acceptors (Lipinski definition) is 7. The van der Waals surface area contributed by atoms with Crippen molar-refractivity contribution in [2.24, 2.45) is 0 Å². The molecule has 0 amide bonds. The summed E-state index contributed by atoms with van der Waals surface area (Å²) in [7, 11) is 0. The summed E-state index contributed by atoms with van der Waals surface area (Å²) < 4.78 is 5.16. The van der Waals surface area contributed by atoms with Crippen molar-refractivity contribution >= 4 is 17.1 Å². The van der Waals surface area contributed by atoms with Crippen molar-refractivity contribution in [3.8, 4) is 17.5 Å². The van der Waals surface area contributed by atoms with Crippen LogP contribution < -0.4 is 0 Å². The highest BCUT2D eigenvalue weighted by atomic mass is 32.1. The quantitative estimate of drug-likeness (QED) is 0.684. The zero-order chi connectivity index (χ0) is 16.4. The molecule has 3 rings (SSSR count). The van der Waals surface area contributed by atoms with Crippen molar-refractivity contribution in [3.63, 3.8) is 0 Å². The lowest BCUT2D eigenvalue weighted by atomic mass is 9.95. The van der Waals surface area contributed by atoms with Crippen molar-refractivity contribution in [1.29, 1.82) is 5.26 Å². The molecule has 0 saturated carbocycles. The molecule has 0 unspecified atom stereocenters. The Morgan fingerprint density at radius 2 is 2.09 bits per heavy atom. The minimum Gasteiger partial charge on any atom is -0.334 e. The van der Waals surface area contributed by atoms with Crippen molar-refractivity contribution in [2.45, 2.75) is 19.8 Å². The largest absolute Gasteiger partial charge is 0.334 e. The van der Waals surface area contributed by atoms with Crippen molar-refractivity contribution in [1.82, 2.24) is 15.1 Å². The Morgan fingerprint density at radius 1 is 1.30 bits per heavy atom. The van der Waals surface area contributed by atoms with Gasteiger partial charge in [-0.15, -0.1) is 11.3 Å². The predicted octanol–water partition coefficient (Wildman–Crippen LogP) is 3.30. The molecule has 1 atom stereocenters. The van der Waals surface area contributed by atoms with E-state index in [0.717, 1.165) is 5.69 Å². The van der Waals surface area contributed by atoms with Crippen molar-refractivity contribution in [2.75, 3.05) is 0 Å². The number of nitriles is 1. The molecule has 7 heteroatoms. The van der Waals surface area contributed by atoms with E-state index in [4.69, 9.17) is 4.52 Å². The summed E-state index contributed by atoms with van der Waals surface area (Å²) in [6.07, 6.45) is 0. The van der Waals surface area contributed by atoms with E-state index in [1.807, 2.05) is 18.4 Å². The zero-order valence-electron chi connectivity index (χ0n) is 12.5. The van der Waals surface area contributed by atoms with Gasteiger partial charge in [0.05, 0.1) is 11.6 Å². The van der Waals surface area contributed by atoms with Gasteiger partial charge < -0.3 is 4.52 Å². The fraction of sp³-hybridized carbons (Fsp3) is 0.188. The predicted molar refractivity (Wildman–Crippen MR) is 84.0 cm³/mol. The van der Waals surface area contributed by atoms with Gasteiger partial charge in [-0.2, -0.15) is 10.2 Å². The van der Waals surface area contributed by atoms with Gasteiger partial charge in [0.25, 0.3) is 5.89 Å². The Bertz CT molecular complexity index is 907. The lowest BCUT2D eigenvalue weighted by molar-refractivity contribution is 0.0979. The summed E-state index contributed by atoms with van der Waals surface area (Å²) in [5.74, 6) is -0.528. The zero-order valence-corrected chi connectivity index (χ0v) is 13.3. The molecule has 0 aliphatic heterocycles. The molecule has 0 spiro atoms. The van der Waals surface area contributed by atoms with E-state index < -0.39 is 5.92 Å². The average Bonchev–Trinajstić information content (AvgIpc) is 3.17. The Labute approximate surface area is 136 Å². The number of aryl methyl sites for hydroxylation is 2. The van der Waals surface area contributed by atoms with E-state index >= 15 is 0 Å². The van der Waals surface area contributed by atoms with Crippen LogP contribution in [0.4, 0.5) is 0 Å². The van der Waals surface area contributed by atoms with Gasteiger partial charge >= 0.3 is 0 Å². The Balaban J connectivity index is 2.04. The second kappa shape index (κ2) is 6.10. The minimum absolute atomic E-state index is 0.262. The molecule has 0 saturated heterocycles. The molecule has 6 nitrogen and oxygen atoms in total. The highest BCUT2D eigenvalue weighted by Crippen LogP contribution is 2.29. The second-order valence-corrected chi connectivity index (χ2v) is 5.84. The van der Waals surface area contributed by atoms with Crippen LogP contribution in [0.25, 0.3) is 11.5 Å². The molecule has 23 heavy (non-hydrogen) atoms. The van der Waals surface area contributed by atoms with Gasteiger partial charge in [-0.3, -0.25) is 4.79 Å². The molecule has 114 valence electrons. The maximum absolute atomic E-state index is 12.8. The first-order chi connectivity index (χ1) is 11.1. The van der Waals surface area contributed by atoms with Crippen LogP contribution in [0.3, 0.4) is 0 Å². The summed E-state index contributed by atoms with van der Waals surface area (Å²) in [5.41, 5.74) is 1.68. The van der Waals surface area contributed by atoms with Crippen molar-refractivity contribution < 1.29 is 9.32 Å². The molecule has 0 bridgehead atoms. The van der Waals surface area contributed by atoms with Gasteiger partial charge in [-0.05, 0) is 19.9 Å².